The van der Waals surface area contributed by atoms with E-state index in [2.05, 4.69) is 34.7 Å². The highest BCUT2D eigenvalue weighted by molar-refractivity contribution is 7.93. The van der Waals surface area contributed by atoms with Crippen molar-refractivity contribution in [1.29, 1.82) is 0 Å². The SMILES string of the molecule is CN=S(=O)(CC1=Cc2ccccc2CC1)c1ccccc1. The Bertz CT molecular complexity index is 784. The number of hydrogen-bond acceptors (Lipinski definition) is 2. The molecule has 0 aliphatic heterocycles. The predicted molar refractivity (Wildman–Crippen MR) is 88.8 cm³/mol. The molecule has 0 aromatic heterocycles. The highest BCUT2D eigenvalue weighted by Crippen LogP contribution is 2.26. The molecule has 0 radical (unpaired) electrons. The van der Waals surface area contributed by atoms with Gasteiger partial charge in [-0.2, -0.15) is 0 Å². The van der Waals surface area contributed by atoms with Gasteiger partial charge in [-0.05, 0) is 36.1 Å². The van der Waals surface area contributed by atoms with Crippen LogP contribution in [0.3, 0.4) is 0 Å². The standard InChI is InChI=1S/C18H19NOS/c1-19-21(20,18-9-3-2-4-10-18)14-15-11-12-16-7-5-6-8-17(16)13-15/h2-10,13H,11-12,14H2,1H3. The molecule has 21 heavy (non-hydrogen) atoms. The Labute approximate surface area is 126 Å². The van der Waals surface area contributed by atoms with E-state index < -0.39 is 9.73 Å². The van der Waals surface area contributed by atoms with Crippen molar-refractivity contribution in [3.05, 3.63) is 71.3 Å². The maximum absolute atomic E-state index is 13.1. The van der Waals surface area contributed by atoms with Gasteiger partial charge in [-0.3, -0.25) is 0 Å². The van der Waals surface area contributed by atoms with Crippen molar-refractivity contribution in [2.75, 3.05) is 12.8 Å². The summed E-state index contributed by atoms with van der Waals surface area (Å²) in [5.41, 5.74) is 3.86. The molecule has 1 unspecified atom stereocenters. The van der Waals surface area contributed by atoms with Gasteiger partial charge in [0, 0.05) is 11.9 Å². The first kappa shape index (κ1) is 14.1. The van der Waals surface area contributed by atoms with Crippen LogP contribution >= 0.6 is 0 Å². The molecule has 0 N–H and O–H groups in total. The second kappa shape index (κ2) is 5.86. The maximum Gasteiger partial charge on any atom is 0.0788 e. The average molecular weight is 297 g/mol. The lowest BCUT2D eigenvalue weighted by molar-refractivity contribution is 0.676. The summed E-state index contributed by atoms with van der Waals surface area (Å²) in [7, 11) is -0.692. The Balaban J connectivity index is 1.94. The Kier molecular flexibility index (Phi) is 3.93. The minimum absolute atomic E-state index is 0.530. The van der Waals surface area contributed by atoms with Gasteiger partial charge in [-0.15, -0.1) is 0 Å². The molecule has 1 atom stereocenters. The van der Waals surface area contributed by atoms with Crippen molar-refractivity contribution in [2.24, 2.45) is 4.36 Å². The Hall–Kier alpha value is -1.87. The van der Waals surface area contributed by atoms with E-state index in [1.54, 1.807) is 7.05 Å². The number of benzene rings is 2. The highest BCUT2D eigenvalue weighted by Gasteiger charge is 2.17. The molecule has 0 fully saturated rings. The zero-order valence-corrected chi connectivity index (χ0v) is 13.0. The molecular formula is C18H19NOS. The fourth-order valence-corrected chi connectivity index (χ4v) is 4.56. The molecule has 0 bridgehead atoms. The molecule has 3 heteroatoms. The van der Waals surface area contributed by atoms with Crippen LogP contribution in [0.1, 0.15) is 17.5 Å². The topological polar surface area (TPSA) is 29.4 Å². The van der Waals surface area contributed by atoms with Gasteiger partial charge >= 0.3 is 0 Å². The van der Waals surface area contributed by atoms with Crippen molar-refractivity contribution in [3.63, 3.8) is 0 Å². The van der Waals surface area contributed by atoms with Gasteiger partial charge in [0.2, 0.25) is 0 Å². The Morgan fingerprint density at radius 1 is 1.00 bits per heavy atom. The summed E-state index contributed by atoms with van der Waals surface area (Å²) in [6.07, 6.45) is 4.18. The Morgan fingerprint density at radius 3 is 2.48 bits per heavy atom. The minimum Gasteiger partial charge on any atom is -0.244 e. The molecule has 0 spiro atoms. The maximum atomic E-state index is 13.1. The second-order valence-corrected chi connectivity index (χ2v) is 7.69. The van der Waals surface area contributed by atoms with Crippen molar-refractivity contribution in [1.82, 2.24) is 0 Å². The van der Waals surface area contributed by atoms with Crippen LogP contribution in [-0.4, -0.2) is 17.0 Å². The monoisotopic (exact) mass is 297 g/mol. The molecule has 0 saturated carbocycles. The largest absolute Gasteiger partial charge is 0.244 e. The summed E-state index contributed by atoms with van der Waals surface area (Å²) in [6.45, 7) is 0. The lowest BCUT2D eigenvalue weighted by Crippen LogP contribution is -2.11. The fourth-order valence-electron chi connectivity index (χ4n) is 2.74. The van der Waals surface area contributed by atoms with Gasteiger partial charge in [-0.1, -0.05) is 54.1 Å². The molecule has 0 saturated heterocycles. The third-order valence-corrected chi connectivity index (χ3v) is 6.28. The van der Waals surface area contributed by atoms with Gasteiger partial charge in [0.05, 0.1) is 15.5 Å². The third-order valence-electron chi connectivity index (χ3n) is 3.92. The molecule has 0 amide bonds. The van der Waals surface area contributed by atoms with E-state index in [1.807, 2.05) is 30.3 Å². The summed E-state index contributed by atoms with van der Waals surface area (Å²) < 4.78 is 17.4. The van der Waals surface area contributed by atoms with E-state index in [9.17, 15) is 4.21 Å². The van der Waals surface area contributed by atoms with E-state index >= 15 is 0 Å². The molecule has 1 aliphatic rings. The van der Waals surface area contributed by atoms with Gasteiger partial charge in [0.15, 0.2) is 0 Å². The van der Waals surface area contributed by atoms with Crippen LogP contribution in [-0.2, 0) is 16.1 Å². The first-order chi connectivity index (χ1) is 10.2. The minimum atomic E-state index is -2.35. The number of aryl methyl sites for hydroxylation is 1. The van der Waals surface area contributed by atoms with Crippen molar-refractivity contribution < 1.29 is 4.21 Å². The van der Waals surface area contributed by atoms with Crippen molar-refractivity contribution >= 4 is 15.8 Å². The molecule has 108 valence electrons. The molecular weight excluding hydrogens is 278 g/mol. The summed E-state index contributed by atoms with van der Waals surface area (Å²) in [5.74, 6) is 0.530. The van der Waals surface area contributed by atoms with E-state index in [0.717, 1.165) is 17.7 Å². The summed E-state index contributed by atoms with van der Waals surface area (Å²) in [4.78, 5) is 0.826. The predicted octanol–water partition coefficient (Wildman–Crippen LogP) is 4.17. The van der Waals surface area contributed by atoms with Crippen LogP contribution < -0.4 is 0 Å². The zero-order chi connectivity index (χ0) is 14.7. The van der Waals surface area contributed by atoms with Crippen molar-refractivity contribution in [3.8, 4) is 0 Å². The van der Waals surface area contributed by atoms with Crippen molar-refractivity contribution in [2.45, 2.75) is 17.7 Å². The fraction of sp³-hybridized carbons (Fsp3) is 0.222. The molecule has 3 rings (SSSR count). The van der Waals surface area contributed by atoms with Gasteiger partial charge in [0.25, 0.3) is 0 Å². The Morgan fingerprint density at radius 2 is 1.71 bits per heavy atom. The van der Waals surface area contributed by atoms with E-state index in [4.69, 9.17) is 0 Å². The third kappa shape index (κ3) is 2.93. The van der Waals surface area contributed by atoms with E-state index in [-0.39, 0.29) is 0 Å². The average Bonchev–Trinajstić information content (AvgIpc) is 2.55. The quantitative estimate of drug-likeness (QED) is 0.836. The van der Waals surface area contributed by atoms with Crippen LogP contribution in [0.25, 0.3) is 6.08 Å². The summed E-state index contributed by atoms with van der Waals surface area (Å²) in [6, 6.07) is 18.0. The number of rotatable bonds is 3. The molecule has 1 aliphatic carbocycles. The van der Waals surface area contributed by atoms with Gasteiger partial charge in [0.1, 0.15) is 0 Å². The van der Waals surface area contributed by atoms with Crippen LogP contribution in [0.2, 0.25) is 0 Å². The highest BCUT2D eigenvalue weighted by atomic mass is 32.2. The first-order valence-electron chi connectivity index (χ1n) is 7.17. The normalized spacial score (nSPS) is 16.5. The molecule has 2 aromatic rings. The number of nitrogens with zero attached hydrogens (tertiary/aromatic N) is 1. The van der Waals surface area contributed by atoms with Crippen LogP contribution in [0.5, 0.6) is 0 Å². The summed E-state index contributed by atoms with van der Waals surface area (Å²) in [5, 5.41) is 0. The molecule has 2 nitrogen and oxygen atoms in total. The lowest BCUT2D eigenvalue weighted by Gasteiger charge is -2.18. The number of hydrogen-bond donors (Lipinski definition) is 0. The van der Waals surface area contributed by atoms with E-state index in [0.29, 0.717) is 5.75 Å². The van der Waals surface area contributed by atoms with Crippen LogP contribution in [0.15, 0.2) is 69.4 Å². The summed E-state index contributed by atoms with van der Waals surface area (Å²) >= 11 is 0. The molecule has 2 aromatic carbocycles. The molecule has 0 heterocycles. The first-order valence-corrected chi connectivity index (χ1v) is 8.85. The number of fused-ring (bicyclic) bond motifs is 1. The van der Waals surface area contributed by atoms with Gasteiger partial charge < -0.3 is 0 Å². The van der Waals surface area contributed by atoms with Crippen LogP contribution in [0.4, 0.5) is 0 Å². The van der Waals surface area contributed by atoms with E-state index in [1.165, 1.54) is 16.7 Å². The lowest BCUT2D eigenvalue weighted by atomic mass is 9.93. The zero-order valence-electron chi connectivity index (χ0n) is 12.2. The van der Waals surface area contributed by atoms with Gasteiger partial charge in [-0.25, -0.2) is 8.57 Å². The van der Waals surface area contributed by atoms with Crippen LogP contribution in [0, 0.1) is 0 Å². The second-order valence-electron chi connectivity index (χ2n) is 5.28. The smallest absolute Gasteiger partial charge is 0.0788 e.